The van der Waals surface area contributed by atoms with Gasteiger partial charge in [-0.1, -0.05) is 32.0 Å². The van der Waals surface area contributed by atoms with Crippen LogP contribution in [0.25, 0.3) is 22.0 Å². The molecule has 0 N–H and O–H groups in total. The Bertz CT molecular complexity index is 954. The van der Waals surface area contributed by atoms with E-state index in [1.165, 1.54) is 38.7 Å². The van der Waals surface area contributed by atoms with Crippen molar-refractivity contribution in [2.45, 2.75) is 33.6 Å². The molecule has 2 heterocycles. The highest BCUT2D eigenvalue weighted by molar-refractivity contribution is 6.04. The molecule has 1 aliphatic heterocycles. The predicted octanol–water partition coefficient (Wildman–Crippen LogP) is 5.18. The second-order valence-electron chi connectivity index (χ2n) is 6.86. The molecule has 0 radical (unpaired) electrons. The smallest absolute Gasteiger partial charge is 0.256 e. The summed E-state index contributed by atoms with van der Waals surface area (Å²) in [6, 6.07) is 10.8. The number of nitrogens with zero attached hydrogens (tertiary/aromatic N) is 1. The number of hydrogen-bond donors (Lipinski definition) is 0. The van der Waals surface area contributed by atoms with Crippen LogP contribution in [-0.2, 0) is 7.05 Å². The number of benzene rings is 2. The lowest BCUT2D eigenvalue weighted by Gasteiger charge is -2.24. The zero-order valence-electron chi connectivity index (χ0n) is 14.4. The maximum absolute atomic E-state index is 6.40. The summed E-state index contributed by atoms with van der Waals surface area (Å²) in [4.78, 5) is 0. The largest absolute Gasteiger partial charge is 0.449 e. The van der Waals surface area contributed by atoms with Gasteiger partial charge in [-0.2, -0.15) is 4.57 Å². The molecule has 2 heteroatoms. The fraction of sp³-hybridized carbons (Fsp3) is 0.286. The van der Waals surface area contributed by atoms with Gasteiger partial charge in [-0.15, -0.1) is 0 Å². The normalized spacial score (nSPS) is 12.4. The van der Waals surface area contributed by atoms with E-state index >= 15 is 0 Å². The lowest BCUT2D eigenvalue weighted by molar-refractivity contribution is -0.660. The number of pyridine rings is 1. The molecule has 0 spiro atoms. The first kappa shape index (κ1) is 14.3. The standard InChI is InChI=1S/C21H22NO/c1-12(2)16-9-10-22(5)20-18-14(4)13(3)11-15-7-6-8-17(19(15)18)23-21(16)20/h6-12H,1-5H3/q+1. The molecule has 1 aliphatic rings. The van der Waals surface area contributed by atoms with E-state index in [-0.39, 0.29) is 0 Å². The minimum Gasteiger partial charge on any atom is -0.449 e. The van der Waals surface area contributed by atoms with E-state index < -0.39 is 0 Å². The van der Waals surface area contributed by atoms with Crippen molar-refractivity contribution in [2.75, 3.05) is 0 Å². The molecule has 0 fully saturated rings. The van der Waals surface area contributed by atoms with Gasteiger partial charge in [-0.3, -0.25) is 0 Å². The van der Waals surface area contributed by atoms with E-state index in [1.807, 2.05) is 0 Å². The van der Waals surface area contributed by atoms with Crippen molar-refractivity contribution in [3.8, 4) is 22.8 Å². The topological polar surface area (TPSA) is 13.1 Å². The van der Waals surface area contributed by atoms with Crippen molar-refractivity contribution in [1.29, 1.82) is 0 Å². The first-order valence-corrected chi connectivity index (χ1v) is 8.22. The van der Waals surface area contributed by atoms with Crippen LogP contribution in [0.4, 0.5) is 0 Å². The minimum atomic E-state index is 0.427. The van der Waals surface area contributed by atoms with E-state index in [1.54, 1.807) is 0 Å². The Morgan fingerprint density at radius 3 is 2.61 bits per heavy atom. The molecule has 0 amide bonds. The Kier molecular flexibility index (Phi) is 2.99. The number of ether oxygens (including phenoxy) is 1. The molecule has 3 aromatic rings. The average Bonchev–Trinajstić information content (AvgIpc) is 2.51. The molecule has 0 saturated heterocycles. The molecule has 0 bridgehead atoms. The fourth-order valence-corrected chi connectivity index (χ4v) is 3.64. The summed E-state index contributed by atoms with van der Waals surface area (Å²) in [6.07, 6.45) is 2.15. The van der Waals surface area contributed by atoms with E-state index in [0.717, 1.165) is 11.5 Å². The lowest BCUT2D eigenvalue weighted by Crippen LogP contribution is -2.32. The van der Waals surface area contributed by atoms with Crippen LogP contribution in [0.2, 0.25) is 0 Å². The third-order valence-electron chi connectivity index (χ3n) is 5.03. The molecule has 1 aromatic heterocycles. The highest BCUT2D eigenvalue weighted by Crippen LogP contribution is 2.49. The van der Waals surface area contributed by atoms with Crippen LogP contribution in [0, 0.1) is 13.8 Å². The van der Waals surface area contributed by atoms with E-state index in [9.17, 15) is 0 Å². The molecule has 2 aromatic carbocycles. The van der Waals surface area contributed by atoms with Gasteiger partial charge in [-0.25, -0.2) is 0 Å². The molecule has 0 saturated carbocycles. The number of fused-ring (bicyclic) bond motifs is 2. The minimum absolute atomic E-state index is 0.427. The quantitative estimate of drug-likeness (QED) is 0.442. The summed E-state index contributed by atoms with van der Waals surface area (Å²) < 4.78 is 8.59. The molecular weight excluding hydrogens is 282 g/mol. The van der Waals surface area contributed by atoms with Gasteiger partial charge in [0.25, 0.3) is 5.69 Å². The Morgan fingerprint density at radius 1 is 1.09 bits per heavy atom. The number of aryl methyl sites for hydroxylation is 2. The van der Waals surface area contributed by atoms with Gasteiger partial charge in [0, 0.05) is 17.0 Å². The maximum atomic E-state index is 6.40. The van der Waals surface area contributed by atoms with E-state index in [0.29, 0.717) is 5.92 Å². The molecule has 0 atom stereocenters. The Hall–Kier alpha value is -2.35. The molecule has 116 valence electrons. The maximum Gasteiger partial charge on any atom is 0.256 e. The summed E-state index contributed by atoms with van der Waals surface area (Å²) in [5.41, 5.74) is 6.45. The molecule has 23 heavy (non-hydrogen) atoms. The monoisotopic (exact) mass is 304 g/mol. The van der Waals surface area contributed by atoms with Crippen LogP contribution >= 0.6 is 0 Å². The zero-order chi connectivity index (χ0) is 16.3. The van der Waals surface area contributed by atoms with Gasteiger partial charge >= 0.3 is 0 Å². The van der Waals surface area contributed by atoms with Crippen molar-refractivity contribution in [2.24, 2.45) is 7.05 Å². The summed E-state index contributed by atoms with van der Waals surface area (Å²) in [7, 11) is 2.10. The van der Waals surface area contributed by atoms with Crippen LogP contribution in [0.5, 0.6) is 11.5 Å². The van der Waals surface area contributed by atoms with Crippen LogP contribution in [-0.4, -0.2) is 0 Å². The molecule has 2 nitrogen and oxygen atoms in total. The second kappa shape index (κ2) is 4.82. The molecule has 4 rings (SSSR count). The van der Waals surface area contributed by atoms with Crippen LogP contribution in [0.3, 0.4) is 0 Å². The fourth-order valence-electron chi connectivity index (χ4n) is 3.64. The van der Waals surface area contributed by atoms with Crippen LogP contribution in [0.15, 0.2) is 36.5 Å². The summed E-state index contributed by atoms with van der Waals surface area (Å²) in [5, 5.41) is 2.49. The van der Waals surface area contributed by atoms with Gasteiger partial charge in [0.2, 0.25) is 5.75 Å². The van der Waals surface area contributed by atoms with Crippen molar-refractivity contribution in [3.05, 3.63) is 53.2 Å². The highest BCUT2D eigenvalue weighted by Gasteiger charge is 2.32. The van der Waals surface area contributed by atoms with Crippen molar-refractivity contribution in [1.82, 2.24) is 0 Å². The van der Waals surface area contributed by atoms with Crippen molar-refractivity contribution in [3.63, 3.8) is 0 Å². The van der Waals surface area contributed by atoms with Gasteiger partial charge in [0.1, 0.15) is 12.8 Å². The molecule has 0 unspecified atom stereocenters. The van der Waals surface area contributed by atoms with Crippen LogP contribution in [0.1, 0.15) is 36.5 Å². The molecular formula is C21H22NO+. The Balaban J connectivity index is 2.22. The second-order valence-corrected chi connectivity index (χ2v) is 6.86. The first-order chi connectivity index (χ1) is 11.0. The summed E-state index contributed by atoms with van der Waals surface area (Å²) in [5.74, 6) is 2.41. The zero-order valence-corrected chi connectivity index (χ0v) is 14.4. The summed E-state index contributed by atoms with van der Waals surface area (Å²) in [6.45, 7) is 8.85. The van der Waals surface area contributed by atoms with Gasteiger partial charge in [0.15, 0.2) is 6.20 Å². The first-order valence-electron chi connectivity index (χ1n) is 8.22. The van der Waals surface area contributed by atoms with E-state index in [2.05, 4.69) is 75.8 Å². The predicted molar refractivity (Wildman–Crippen MR) is 94.2 cm³/mol. The number of hydrogen-bond acceptors (Lipinski definition) is 1. The third kappa shape index (κ3) is 1.91. The highest BCUT2D eigenvalue weighted by atomic mass is 16.5. The SMILES string of the molecule is Cc1cc2cccc3c2c(c1C)-c1c(c(C(C)C)cc[n+]1C)O3. The summed E-state index contributed by atoms with van der Waals surface area (Å²) >= 11 is 0. The van der Waals surface area contributed by atoms with Gasteiger partial charge in [-0.05, 0) is 42.3 Å². The van der Waals surface area contributed by atoms with Crippen LogP contribution < -0.4 is 9.30 Å². The third-order valence-corrected chi connectivity index (χ3v) is 5.03. The Morgan fingerprint density at radius 2 is 1.87 bits per heavy atom. The molecule has 0 aliphatic carbocycles. The van der Waals surface area contributed by atoms with Gasteiger partial charge in [0.05, 0.1) is 5.56 Å². The van der Waals surface area contributed by atoms with Gasteiger partial charge < -0.3 is 4.74 Å². The number of aromatic nitrogens is 1. The van der Waals surface area contributed by atoms with Crippen molar-refractivity contribution < 1.29 is 9.30 Å². The lowest BCUT2D eigenvalue weighted by atomic mass is 9.89. The Labute approximate surface area is 137 Å². The van der Waals surface area contributed by atoms with Crippen molar-refractivity contribution >= 4 is 10.8 Å². The van der Waals surface area contributed by atoms with E-state index in [4.69, 9.17) is 4.74 Å². The average molecular weight is 304 g/mol. The number of rotatable bonds is 1.